The molecule has 1 saturated carbocycles. The van der Waals surface area contributed by atoms with E-state index in [-0.39, 0.29) is 5.60 Å². The van der Waals surface area contributed by atoms with Crippen LogP contribution in [0.15, 0.2) is 0 Å². The zero-order chi connectivity index (χ0) is 12.3. The van der Waals surface area contributed by atoms with Crippen LogP contribution in [-0.2, 0) is 9.47 Å². The first-order valence-electron chi connectivity index (χ1n) is 7.83. The summed E-state index contributed by atoms with van der Waals surface area (Å²) in [7, 11) is 0. The molecule has 1 spiro atoms. The van der Waals surface area contributed by atoms with Crippen molar-refractivity contribution >= 4 is 0 Å². The Kier molecular flexibility index (Phi) is 4.22. The summed E-state index contributed by atoms with van der Waals surface area (Å²) in [4.78, 5) is 0. The molecule has 0 aromatic heterocycles. The highest BCUT2D eigenvalue weighted by Crippen LogP contribution is 2.40. The zero-order valence-electron chi connectivity index (χ0n) is 11.5. The van der Waals surface area contributed by atoms with E-state index in [1.165, 1.54) is 51.6 Å². The fraction of sp³-hybridized carbons (Fsp3) is 1.00. The predicted molar refractivity (Wildman–Crippen MR) is 71.7 cm³/mol. The Morgan fingerprint density at radius 3 is 2.67 bits per heavy atom. The van der Waals surface area contributed by atoms with Gasteiger partial charge in [0.15, 0.2) is 0 Å². The summed E-state index contributed by atoms with van der Waals surface area (Å²) in [5.41, 5.74) is 0.205. The average Bonchev–Trinajstić information content (AvgIpc) is 2.86. The van der Waals surface area contributed by atoms with Crippen LogP contribution in [-0.4, -0.2) is 38.0 Å². The minimum atomic E-state index is 0.205. The van der Waals surface area contributed by atoms with Gasteiger partial charge in [0.25, 0.3) is 0 Å². The Labute approximate surface area is 111 Å². The summed E-state index contributed by atoms with van der Waals surface area (Å²) in [6.07, 6.45) is 10.5. The third-order valence-electron chi connectivity index (χ3n) is 4.99. The Hall–Kier alpha value is -0.120. The molecule has 3 rings (SSSR count). The van der Waals surface area contributed by atoms with Crippen molar-refractivity contribution in [2.75, 3.05) is 26.3 Å². The van der Waals surface area contributed by atoms with E-state index in [0.29, 0.717) is 6.10 Å². The molecule has 0 bridgehead atoms. The van der Waals surface area contributed by atoms with Crippen LogP contribution in [0.4, 0.5) is 0 Å². The van der Waals surface area contributed by atoms with Crippen LogP contribution in [0, 0.1) is 5.92 Å². The lowest BCUT2D eigenvalue weighted by Crippen LogP contribution is -2.41. The normalized spacial score (nSPS) is 33.0. The van der Waals surface area contributed by atoms with Crippen molar-refractivity contribution in [3.05, 3.63) is 0 Å². The molecule has 0 aromatic rings. The second kappa shape index (κ2) is 5.89. The van der Waals surface area contributed by atoms with Crippen molar-refractivity contribution in [2.45, 2.75) is 63.1 Å². The third-order valence-corrected chi connectivity index (χ3v) is 4.99. The molecule has 2 aliphatic heterocycles. The van der Waals surface area contributed by atoms with Gasteiger partial charge < -0.3 is 14.8 Å². The van der Waals surface area contributed by atoms with Gasteiger partial charge in [-0.2, -0.15) is 0 Å². The van der Waals surface area contributed by atoms with Gasteiger partial charge in [0.05, 0.1) is 11.7 Å². The summed E-state index contributed by atoms with van der Waals surface area (Å²) >= 11 is 0. The van der Waals surface area contributed by atoms with E-state index in [9.17, 15) is 0 Å². The minimum Gasteiger partial charge on any atom is -0.378 e. The molecule has 3 heteroatoms. The first-order chi connectivity index (χ1) is 8.86. The fourth-order valence-electron chi connectivity index (χ4n) is 3.81. The lowest BCUT2D eigenvalue weighted by atomic mass is 9.90. The number of rotatable bonds is 3. The van der Waals surface area contributed by atoms with Gasteiger partial charge in [0.1, 0.15) is 0 Å². The first-order valence-corrected chi connectivity index (χ1v) is 7.83. The lowest BCUT2D eigenvalue weighted by Gasteiger charge is -2.38. The highest BCUT2D eigenvalue weighted by Gasteiger charge is 2.40. The Morgan fingerprint density at radius 2 is 1.89 bits per heavy atom. The molecule has 0 aromatic carbocycles. The fourth-order valence-corrected chi connectivity index (χ4v) is 3.81. The molecule has 1 N–H and O–H groups in total. The molecular formula is C15H27NO2. The molecule has 1 aliphatic carbocycles. The van der Waals surface area contributed by atoms with E-state index in [4.69, 9.17) is 9.47 Å². The average molecular weight is 253 g/mol. The quantitative estimate of drug-likeness (QED) is 0.838. The van der Waals surface area contributed by atoms with Crippen molar-refractivity contribution in [1.82, 2.24) is 5.32 Å². The summed E-state index contributed by atoms with van der Waals surface area (Å²) in [6, 6.07) is 0. The third kappa shape index (κ3) is 3.06. The van der Waals surface area contributed by atoms with Gasteiger partial charge in [0, 0.05) is 19.6 Å². The second-order valence-corrected chi connectivity index (χ2v) is 6.38. The van der Waals surface area contributed by atoms with Gasteiger partial charge in [-0.3, -0.25) is 0 Å². The van der Waals surface area contributed by atoms with Crippen molar-refractivity contribution in [3.63, 3.8) is 0 Å². The number of piperidine rings is 1. The van der Waals surface area contributed by atoms with Gasteiger partial charge in [-0.25, -0.2) is 0 Å². The van der Waals surface area contributed by atoms with E-state index in [1.54, 1.807) is 0 Å². The molecule has 1 unspecified atom stereocenters. The van der Waals surface area contributed by atoms with Crippen LogP contribution in [0.1, 0.15) is 51.4 Å². The maximum Gasteiger partial charge on any atom is 0.0707 e. The molecule has 3 aliphatic rings. The van der Waals surface area contributed by atoms with E-state index in [1.807, 2.05) is 0 Å². The summed E-state index contributed by atoms with van der Waals surface area (Å²) in [5, 5.41) is 3.42. The van der Waals surface area contributed by atoms with Crippen molar-refractivity contribution < 1.29 is 9.47 Å². The highest BCUT2D eigenvalue weighted by atomic mass is 16.5. The summed E-state index contributed by atoms with van der Waals surface area (Å²) < 4.78 is 12.3. The Bertz CT molecular complexity index is 257. The summed E-state index contributed by atoms with van der Waals surface area (Å²) in [6.45, 7) is 4.23. The predicted octanol–water partition coefficient (Wildman–Crippen LogP) is 2.49. The lowest BCUT2D eigenvalue weighted by molar-refractivity contribution is -0.134. The zero-order valence-corrected chi connectivity index (χ0v) is 11.5. The van der Waals surface area contributed by atoms with Gasteiger partial charge in [0.2, 0.25) is 0 Å². The molecule has 18 heavy (non-hydrogen) atoms. The molecule has 0 amide bonds. The maximum absolute atomic E-state index is 6.20. The van der Waals surface area contributed by atoms with Crippen molar-refractivity contribution in [3.8, 4) is 0 Å². The van der Waals surface area contributed by atoms with Crippen LogP contribution in [0.3, 0.4) is 0 Å². The minimum absolute atomic E-state index is 0.205. The van der Waals surface area contributed by atoms with Crippen molar-refractivity contribution in [1.29, 1.82) is 0 Å². The molecule has 104 valence electrons. The molecule has 3 nitrogen and oxygen atoms in total. The van der Waals surface area contributed by atoms with E-state index >= 15 is 0 Å². The van der Waals surface area contributed by atoms with E-state index in [2.05, 4.69) is 5.32 Å². The van der Waals surface area contributed by atoms with Gasteiger partial charge in [-0.1, -0.05) is 12.8 Å². The van der Waals surface area contributed by atoms with Crippen LogP contribution in [0.25, 0.3) is 0 Å². The molecule has 0 radical (unpaired) electrons. The Balaban J connectivity index is 1.44. The molecule has 1 atom stereocenters. The topological polar surface area (TPSA) is 30.5 Å². The van der Waals surface area contributed by atoms with Gasteiger partial charge >= 0.3 is 0 Å². The molecule has 2 saturated heterocycles. The standard InChI is InChI=1S/C15H27NO2/c1-2-7-15(6-1)11-14(5-10-18-15)17-12-13-3-8-16-9-4-13/h13-14,16H,1-12H2. The van der Waals surface area contributed by atoms with Crippen LogP contribution in [0.2, 0.25) is 0 Å². The monoisotopic (exact) mass is 253 g/mol. The van der Waals surface area contributed by atoms with E-state index < -0.39 is 0 Å². The SMILES string of the molecule is C1CCC2(C1)CC(OCC1CCNCC1)CCO2. The summed E-state index contributed by atoms with van der Waals surface area (Å²) in [5.74, 6) is 0.786. The largest absolute Gasteiger partial charge is 0.378 e. The number of hydrogen-bond acceptors (Lipinski definition) is 3. The van der Waals surface area contributed by atoms with Crippen LogP contribution < -0.4 is 5.32 Å². The number of hydrogen-bond donors (Lipinski definition) is 1. The van der Waals surface area contributed by atoms with Crippen molar-refractivity contribution in [2.24, 2.45) is 5.92 Å². The van der Waals surface area contributed by atoms with Crippen LogP contribution >= 0.6 is 0 Å². The maximum atomic E-state index is 6.20. The number of ether oxygens (including phenoxy) is 2. The van der Waals surface area contributed by atoms with Crippen LogP contribution in [0.5, 0.6) is 0 Å². The second-order valence-electron chi connectivity index (χ2n) is 6.38. The molecular weight excluding hydrogens is 226 g/mol. The molecule has 3 fully saturated rings. The smallest absolute Gasteiger partial charge is 0.0707 e. The Morgan fingerprint density at radius 1 is 1.11 bits per heavy atom. The molecule has 2 heterocycles. The highest BCUT2D eigenvalue weighted by molar-refractivity contribution is 4.91. The van der Waals surface area contributed by atoms with Gasteiger partial charge in [-0.05, 0) is 51.1 Å². The van der Waals surface area contributed by atoms with Gasteiger partial charge in [-0.15, -0.1) is 0 Å². The number of nitrogens with one attached hydrogen (secondary N) is 1. The van der Waals surface area contributed by atoms with E-state index in [0.717, 1.165) is 32.0 Å². The first kappa shape index (κ1) is 12.9.